The molecule has 2 aromatic rings. The molecule has 0 aromatic heterocycles. The van der Waals surface area contributed by atoms with Crippen molar-refractivity contribution in [3.05, 3.63) is 72.3 Å². The molecule has 128 valence electrons. The Hall–Kier alpha value is -2.92. The van der Waals surface area contributed by atoms with Gasteiger partial charge in [-0.3, -0.25) is 4.79 Å². The van der Waals surface area contributed by atoms with Crippen LogP contribution in [0.2, 0.25) is 0 Å². The van der Waals surface area contributed by atoms with E-state index in [1.807, 2.05) is 54.6 Å². The van der Waals surface area contributed by atoms with Gasteiger partial charge in [-0.15, -0.1) is 0 Å². The summed E-state index contributed by atoms with van der Waals surface area (Å²) < 4.78 is 15.2. The number of carbonyl (C=O) groups excluding carboxylic acids is 2. The van der Waals surface area contributed by atoms with Crippen molar-refractivity contribution in [1.29, 1.82) is 0 Å². The zero-order valence-electron chi connectivity index (χ0n) is 14.0. The number of carbonyl (C=O) groups is 2. The van der Waals surface area contributed by atoms with Gasteiger partial charge in [0.2, 0.25) is 6.29 Å². The molecule has 3 rings (SSSR count). The average Bonchev–Trinajstić information content (AvgIpc) is 2.65. The van der Waals surface area contributed by atoms with Gasteiger partial charge in [0.1, 0.15) is 0 Å². The van der Waals surface area contributed by atoms with Crippen molar-refractivity contribution in [2.75, 3.05) is 7.11 Å². The number of benzene rings is 2. The molecule has 2 aromatic carbocycles. The molecule has 5 nitrogen and oxygen atoms in total. The Morgan fingerprint density at radius 3 is 2.32 bits per heavy atom. The van der Waals surface area contributed by atoms with E-state index in [4.69, 9.17) is 9.47 Å². The Morgan fingerprint density at radius 2 is 1.68 bits per heavy atom. The third-order valence-electron chi connectivity index (χ3n) is 4.15. The second kappa shape index (κ2) is 6.91. The molecule has 0 spiro atoms. The Bertz CT molecular complexity index is 795. The SMILES string of the molecule is COC(=O)OC1C=CC(=O)C(C)(c2ccc(-c3ccccc3)cc2)O1. The molecule has 1 aliphatic heterocycles. The zero-order chi connectivity index (χ0) is 17.9. The molecule has 0 fully saturated rings. The second-order valence-electron chi connectivity index (χ2n) is 5.76. The van der Waals surface area contributed by atoms with Crippen LogP contribution < -0.4 is 0 Å². The van der Waals surface area contributed by atoms with Gasteiger partial charge in [0, 0.05) is 0 Å². The molecule has 2 unspecified atom stereocenters. The molecule has 0 N–H and O–H groups in total. The van der Waals surface area contributed by atoms with Crippen LogP contribution in [-0.4, -0.2) is 25.3 Å². The minimum absolute atomic E-state index is 0.218. The monoisotopic (exact) mass is 338 g/mol. The molecular weight excluding hydrogens is 320 g/mol. The van der Waals surface area contributed by atoms with Gasteiger partial charge in [-0.05, 0) is 35.8 Å². The maximum absolute atomic E-state index is 12.4. The summed E-state index contributed by atoms with van der Waals surface area (Å²) in [4.78, 5) is 23.7. The van der Waals surface area contributed by atoms with E-state index in [1.165, 1.54) is 19.3 Å². The van der Waals surface area contributed by atoms with Gasteiger partial charge in [0.05, 0.1) is 7.11 Å². The molecule has 0 aliphatic carbocycles. The highest BCUT2D eigenvalue weighted by molar-refractivity contribution is 5.98. The summed E-state index contributed by atoms with van der Waals surface area (Å²) in [5, 5.41) is 0. The fourth-order valence-corrected chi connectivity index (χ4v) is 2.68. The van der Waals surface area contributed by atoms with Crippen LogP contribution in [0.1, 0.15) is 12.5 Å². The lowest BCUT2D eigenvalue weighted by Gasteiger charge is -2.33. The van der Waals surface area contributed by atoms with Crippen LogP contribution >= 0.6 is 0 Å². The summed E-state index contributed by atoms with van der Waals surface area (Å²) in [6.45, 7) is 1.66. The largest absolute Gasteiger partial charge is 0.510 e. The fraction of sp³-hybridized carbons (Fsp3) is 0.200. The summed E-state index contributed by atoms with van der Waals surface area (Å²) in [5.41, 5.74) is 1.57. The molecule has 0 saturated carbocycles. The number of ether oxygens (including phenoxy) is 3. The predicted octanol–water partition coefficient (Wildman–Crippen LogP) is 3.83. The molecule has 2 atom stereocenters. The Kier molecular flexibility index (Phi) is 4.67. The molecule has 0 amide bonds. The molecule has 1 heterocycles. The molecule has 25 heavy (non-hydrogen) atoms. The normalized spacial score (nSPS) is 22.5. The van der Waals surface area contributed by atoms with Crippen molar-refractivity contribution in [2.24, 2.45) is 0 Å². The van der Waals surface area contributed by atoms with Crippen molar-refractivity contribution in [2.45, 2.75) is 18.8 Å². The van der Waals surface area contributed by atoms with E-state index in [2.05, 4.69) is 4.74 Å². The Balaban J connectivity index is 1.85. The molecule has 1 aliphatic rings. The quantitative estimate of drug-likeness (QED) is 0.796. The fourth-order valence-electron chi connectivity index (χ4n) is 2.68. The first-order valence-corrected chi connectivity index (χ1v) is 7.84. The van der Waals surface area contributed by atoms with Crippen molar-refractivity contribution in [3.8, 4) is 11.1 Å². The minimum atomic E-state index is -1.23. The summed E-state index contributed by atoms with van der Waals surface area (Å²) in [7, 11) is 1.21. The lowest BCUT2D eigenvalue weighted by atomic mass is 9.88. The highest BCUT2D eigenvalue weighted by Gasteiger charge is 2.40. The zero-order valence-corrected chi connectivity index (χ0v) is 14.0. The standard InChI is InChI=1S/C20H18O5/c1-20(17(21)12-13-18(25-20)24-19(22)23-2)16-10-8-15(9-11-16)14-6-4-3-5-7-14/h3-13,18H,1-2H3. The van der Waals surface area contributed by atoms with Crippen LogP contribution in [0.25, 0.3) is 11.1 Å². The van der Waals surface area contributed by atoms with Gasteiger partial charge in [-0.1, -0.05) is 54.6 Å². The van der Waals surface area contributed by atoms with Crippen LogP contribution in [0.5, 0.6) is 0 Å². The topological polar surface area (TPSA) is 61.8 Å². The van der Waals surface area contributed by atoms with E-state index >= 15 is 0 Å². The Labute approximate surface area is 145 Å². The number of ketones is 1. The average molecular weight is 338 g/mol. The van der Waals surface area contributed by atoms with Crippen molar-refractivity contribution in [1.82, 2.24) is 0 Å². The van der Waals surface area contributed by atoms with Crippen LogP contribution in [0.15, 0.2) is 66.7 Å². The van der Waals surface area contributed by atoms with Gasteiger partial charge in [-0.2, -0.15) is 0 Å². The van der Waals surface area contributed by atoms with E-state index in [9.17, 15) is 9.59 Å². The number of hydrogen-bond donors (Lipinski definition) is 0. The lowest BCUT2D eigenvalue weighted by Crippen LogP contribution is -2.42. The van der Waals surface area contributed by atoms with Crippen LogP contribution in [0, 0.1) is 0 Å². The first-order valence-electron chi connectivity index (χ1n) is 7.84. The summed E-state index contributed by atoms with van der Waals surface area (Å²) >= 11 is 0. The second-order valence-corrected chi connectivity index (χ2v) is 5.76. The first-order chi connectivity index (χ1) is 12.0. The van der Waals surface area contributed by atoms with Gasteiger partial charge in [-0.25, -0.2) is 4.79 Å². The van der Waals surface area contributed by atoms with E-state index in [0.717, 1.165) is 11.1 Å². The molecule has 0 saturated heterocycles. The van der Waals surface area contributed by atoms with Crippen molar-refractivity contribution >= 4 is 11.9 Å². The Morgan fingerprint density at radius 1 is 1.04 bits per heavy atom. The van der Waals surface area contributed by atoms with E-state index in [-0.39, 0.29) is 5.78 Å². The predicted molar refractivity (Wildman–Crippen MR) is 91.7 cm³/mol. The first kappa shape index (κ1) is 16.9. The van der Waals surface area contributed by atoms with Crippen LogP contribution in [0.4, 0.5) is 4.79 Å². The van der Waals surface area contributed by atoms with Gasteiger partial charge >= 0.3 is 6.16 Å². The third-order valence-corrected chi connectivity index (χ3v) is 4.15. The highest BCUT2D eigenvalue weighted by atomic mass is 16.8. The number of rotatable bonds is 3. The van der Waals surface area contributed by atoms with Crippen molar-refractivity contribution in [3.63, 3.8) is 0 Å². The van der Waals surface area contributed by atoms with E-state index in [1.54, 1.807) is 6.92 Å². The van der Waals surface area contributed by atoms with Crippen LogP contribution in [-0.2, 0) is 24.6 Å². The molecule has 5 heteroatoms. The van der Waals surface area contributed by atoms with Gasteiger partial charge in [0.25, 0.3) is 0 Å². The summed E-state index contributed by atoms with van der Waals surface area (Å²) in [5.74, 6) is -0.218. The van der Waals surface area contributed by atoms with Gasteiger partial charge < -0.3 is 14.2 Å². The molecular formula is C20H18O5. The van der Waals surface area contributed by atoms with E-state index < -0.39 is 18.0 Å². The number of hydrogen-bond acceptors (Lipinski definition) is 5. The van der Waals surface area contributed by atoms with E-state index in [0.29, 0.717) is 5.56 Å². The molecule has 0 radical (unpaired) electrons. The van der Waals surface area contributed by atoms with Crippen molar-refractivity contribution < 1.29 is 23.8 Å². The number of methoxy groups -OCH3 is 1. The molecule has 0 bridgehead atoms. The smallest absolute Gasteiger partial charge is 0.438 e. The van der Waals surface area contributed by atoms with Crippen LogP contribution in [0.3, 0.4) is 0 Å². The highest BCUT2D eigenvalue weighted by Crippen LogP contribution is 2.33. The maximum Gasteiger partial charge on any atom is 0.510 e. The maximum atomic E-state index is 12.4. The summed E-state index contributed by atoms with van der Waals surface area (Å²) in [6, 6.07) is 17.5. The van der Waals surface area contributed by atoms with Gasteiger partial charge in [0.15, 0.2) is 11.4 Å². The third kappa shape index (κ3) is 3.46. The minimum Gasteiger partial charge on any atom is -0.438 e. The lowest BCUT2D eigenvalue weighted by molar-refractivity contribution is -0.182. The summed E-state index contributed by atoms with van der Waals surface area (Å²) in [6.07, 6.45) is 0.899.